The molecule has 3 heterocycles. The zero-order valence-electron chi connectivity index (χ0n) is 29.3. The van der Waals surface area contributed by atoms with E-state index in [2.05, 4.69) is 25.2 Å². The standard InChI is InChI=1S/C24H23ClF2N6OS.C9H8F4N2O.C2H6/c1-29-19(8-12-6-14(26)10-15(27)7-12)21-17(9-13(11-30-21)23(28)34)16-4-5-18(25)20-22(16)33(2)31-24(20)32-35-3;10-8(11)6-5-1-2-9(12,13)7(5)15(14-6)3-4-16;1-2/h4-7,9-11,19,29H,8H2,1-3H3,(H2,28,34)(H,31,32);4,8H,1-3H2;1-2H3. The van der Waals surface area contributed by atoms with Gasteiger partial charge in [-0.05, 0) is 49.7 Å². The average molecular weight is 783 g/mol. The van der Waals surface area contributed by atoms with Gasteiger partial charge in [0.15, 0.2) is 5.82 Å². The third kappa shape index (κ3) is 8.79. The SMILES string of the molecule is CC.CNC(Cc1cc(F)cc(F)c1)c1ncc(C(N)=O)cc1-c1ccc(Cl)c2c(NSC)nn(C)c12.O=CCn1nc(C(F)F)c2c1C(F)(F)CC2. The van der Waals surface area contributed by atoms with Gasteiger partial charge in [-0.1, -0.05) is 43.5 Å². The molecule has 1 atom stereocenters. The van der Waals surface area contributed by atoms with E-state index in [4.69, 9.17) is 17.3 Å². The van der Waals surface area contributed by atoms with Crippen molar-refractivity contribution in [2.75, 3.05) is 18.0 Å². The van der Waals surface area contributed by atoms with Gasteiger partial charge in [0.2, 0.25) is 5.91 Å². The molecule has 3 aromatic heterocycles. The zero-order chi connectivity index (χ0) is 39.2. The summed E-state index contributed by atoms with van der Waals surface area (Å²) in [6, 6.07) is 8.21. The molecule has 0 saturated heterocycles. The number of alkyl halides is 4. The number of aldehydes is 1. The first-order chi connectivity index (χ1) is 25.2. The number of aryl methyl sites for hydroxylation is 1. The number of amides is 1. The number of fused-ring (bicyclic) bond motifs is 2. The predicted octanol–water partition coefficient (Wildman–Crippen LogP) is 7.94. The number of rotatable bonds is 11. The monoisotopic (exact) mass is 782 g/mol. The van der Waals surface area contributed by atoms with Crippen molar-refractivity contribution >= 4 is 52.5 Å². The first kappa shape index (κ1) is 41.2. The van der Waals surface area contributed by atoms with Gasteiger partial charge in [-0.3, -0.25) is 19.1 Å². The Morgan fingerprint density at radius 2 is 1.77 bits per heavy atom. The summed E-state index contributed by atoms with van der Waals surface area (Å²) in [4.78, 5) is 26.8. The van der Waals surface area contributed by atoms with E-state index in [9.17, 15) is 35.9 Å². The Balaban J connectivity index is 0.000000290. The Hall–Kier alpha value is -4.61. The summed E-state index contributed by atoms with van der Waals surface area (Å²) in [6.45, 7) is 3.57. The molecular formula is C35H37ClF6N8O2S. The van der Waals surface area contributed by atoms with Crippen LogP contribution in [-0.2, 0) is 37.2 Å². The third-order valence-electron chi connectivity index (χ3n) is 8.24. The fourth-order valence-electron chi connectivity index (χ4n) is 6.12. The lowest BCUT2D eigenvalue weighted by atomic mass is 9.93. The van der Waals surface area contributed by atoms with Gasteiger partial charge in [0.25, 0.3) is 12.3 Å². The van der Waals surface area contributed by atoms with Gasteiger partial charge < -0.3 is 20.6 Å². The zero-order valence-corrected chi connectivity index (χ0v) is 30.9. The number of primary amides is 1. The summed E-state index contributed by atoms with van der Waals surface area (Å²) in [5.74, 6) is -4.51. The van der Waals surface area contributed by atoms with E-state index >= 15 is 0 Å². The van der Waals surface area contributed by atoms with Crippen LogP contribution in [0.1, 0.15) is 71.3 Å². The molecule has 0 bridgehead atoms. The van der Waals surface area contributed by atoms with Gasteiger partial charge in [-0.2, -0.15) is 19.0 Å². The van der Waals surface area contributed by atoms with Crippen LogP contribution in [0.4, 0.5) is 32.2 Å². The van der Waals surface area contributed by atoms with Gasteiger partial charge in [0.05, 0.1) is 39.8 Å². The average Bonchev–Trinajstić information content (AvgIpc) is 3.76. The summed E-state index contributed by atoms with van der Waals surface area (Å²) in [5, 5.41) is 12.3. The normalized spacial score (nSPS) is 13.5. The highest BCUT2D eigenvalue weighted by Crippen LogP contribution is 2.45. The van der Waals surface area contributed by atoms with Gasteiger partial charge >= 0.3 is 0 Å². The fraction of sp³-hybridized carbons (Fsp3) is 0.343. The van der Waals surface area contributed by atoms with Crippen molar-refractivity contribution in [1.82, 2.24) is 29.9 Å². The van der Waals surface area contributed by atoms with Crippen molar-refractivity contribution in [3.05, 3.63) is 93.0 Å². The fourth-order valence-corrected chi connectivity index (χ4v) is 6.70. The van der Waals surface area contributed by atoms with Crippen LogP contribution < -0.4 is 15.8 Å². The number of pyridine rings is 1. The van der Waals surface area contributed by atoms with Crippen LogP contribution >= 0.6 is 23.5 Å². The Kier molecular flexibility index (Phi) is 13.6. The first-order valence-corrected chi connectivity index (χ1v) is 17.9. The van der Waals surface area contributed by atoms with Crippen molar-refractivity contribution in [3.8, 4) is 11.1 Å². The number of carbonyl (C=O) groups excluding carboxylic acids is 2. The number of nitrogens with one attached hydrogen (secondary N) is 2. The molecule has 5 aromatic rings. The molecule has 2 aromatic carbocycles. The smallest absolute Gasteiger partial charge is 0.290 e. The minimum absolute atomic E-state index is 0.109. The highest BCUT2D eigenvalue weighted by atomic mass is 35.5. The maximum Gasteiger partial charge on any atom is 0.290 e. The second-order valence-electron chi connectivity index (χ2n) is 11.5. The van der Waals surface area contributed by atoms with Crippen molar-refractivity contribution in [3.63, 3.8) is 0 Å². The number of likely N-dealkylation sites (N-methyl/N-ethyl adjacent to an activating group) is 1. The van der Waals surface area contributed by atoms with E-state index in [1.807, 2.05) is 26.2 Å². The summed E-state index contributed by atoms with van der Waals surface area (Å²) in [6.07, 6.45) is 0.368. The van der Waals surface area contributed by atoms with Crippen LogP contribution in [0.3, 0.4) is 0 Å². The second kappa shape index (κ2) is 17.5. The molecule has 1 aliphatic carbocycles. The Morgan fingerprint density at radius 1 is 1.09 bits per heavy atom. The number of halogens is 7. The van der Waals surface area contributed by atoms with E-state index < -0.39 is 60.3 Å². The highest BCUT2D eigenvalue weighted by Gasteiger charge is 2.46. The molecule has 1 amide bonds. The molecular weight excluding hydrogens is 746 g/mol. The minimum atomic E-state index is -3.17. The molecule has 0 fully saturated rings. The summed E-state index contributed by atoms with van der Waals surface area (Å²) < 4.78 is 85.0. The quantitative estimate of drug-likeness (QED) is 0.0699. The van der Waals surface area contributed by atoms with E-state index in [-0.39, 0.29) is 24.0 Å². The molecule has 1 unspecified atom stereocenters. The molecule has 18 heteroatoms. The Labute approximate surface area is 310 Å². The number of hydrogen-bond acceptors (Lipinski definition) is 8. The topological polar surface area (TPSA) is 133 Å². The van der Waals surface area contributed by atoms with Gasteiger partial charge in [-0.15, -0.1) is 0 Å². The molecule has 1 aliphatic rings. The molecule has 4 N–H and O–H groups in total. The number of anilines is 1. The predicted molar refractivity (Wildman–Crippen MR) is 193 cm³/mol. The van der Waals surface area contributed by atoms with E-state index in [1.165, 1.54) is 30.3 Å². The van der Waals surface area contributed by atoms with Crippen molar-refractivity contribution in [1.29, 1.82) is 0 Å². The van der Waals surface area contributed by atoms with Crippen LogP contribution in [0.5, 0.6) is 0 Å². The van der Waals surface area contributed by atoms with Gasteiger partial charge in [-0.25, -0.2) is 17.6 Å². The Morgan fingerprint density at radius 3 is 2.36 bits per heavy atom. The number of nitrogens with two attached hydrogens (primary N) is 1. The molecule has 0 aliphatic heterocycles. The molecule has 10 nitrogen and oxygen atoms in total. The third-order valence-corrected chi connectivity index (χ3v) is 8.95. The van der Waals surface area contributed by atoms with Crippen LogP contribution in [0, 0.1) is 11.6 Å². The molecule has 0 spiro atoms. The maximum absolute atomic E-state index is 13.8. The highest BCUT2D eigenvalue weighted by molar-refractivity contribution is 7.99. The number of benzene rings is 2. The minimum Gasteiger partial charge on any atom is -0.366 e. The van der Waals surface area contributed by atoms with Crippen molar-refractivity contribution in [2.45, 2.75) is 58.0 Å². The van der Waals surface area contributed by atoms with E-state index in [1.54, 1.807) is 30.9 Å². The summed E-state index contributed by atoms with van der Waals surface area (Å²) in [7, 11) is 3.53. The lowest BCUT2D eigenvalue weighted by molar-refractivity contribution is -0.108. The lowest BCUT2D eigenvalue weighted by Gasteiger charge is -2.21. The van der Waals surface area contributed by atoms with Crippen LogP contribution in [0.25, 0.3) is 22.0 Å². The molecule has 284 valence electrons. The number of aromatic nitrogens is 5. The lowest BCUT2D eigenvalue weighted by Crippen LogP contribution is -2.22. The Bertz CT molecular complexity index is 2090. The van der Waals surface area contributed by atoms with Crippen molar-refractivity contribution in [2.24, 2.45) is 12.8 Å². The van der Waals surface area contributed by atoms with Crippen LogP contribution in [-0.4, -0.2) is 50.0 Å². The molecule has 6 rings (SSSR count). The molecule has 0 radical (unpaired) electrons. The summed E-state index contributed by atoms with van der Waals surface area (Å²) in [5.41, 5.74) is 7.62. The number of carbonyl (C=O) groups is 2. The summed E-state index contributed by atoms with van der Waals surface area (Å²) >= 11 is 7.93. The second-order valence-corrected chi connectivity index (χ2v) is 12.5. The van der Waals surface area contributed by atoms with E-state index in [0.29, 0.717) is 44.0 Å². The van der Waals surface area contributed by atoms with Crippen LogP contribution in [0.2, 0.25) is 5.02 Å². The van der Waals surface area contributed by atoms with Gasteiger partial charge in [0, 0.05) is 48.7 Å². The van der Waals surface area contributed by atoms with Gasteiger partial charge in [0.1, 0.15) is 29.3 Å². The maximum atomic E-state index is 13.8. The molecule has 0 saturated carbocycles. The first-order valence-electron chi connectivity index (χ1n) is 16.3. The van der Waals surface area contributed by atoms with Crippen LogP contribution in [0.15, 0.2) is 42.6 Å². The number of hydrogen-bond donors (Lipinski definition) is 3. The number of nitrogens with zero attached hydrogens (tertiary/aromatic N) is 5. The van der Waals surface area contributed by atoms with Crippen molar-refractivity contribution < 1.29 is 35.9 Å². The largest absolute Gasteiger partial charge is 0.366 e. The molecule has 53 heavy (non-hydrogen) atoms. The van der Waals surface area contributed by atoms with E-state index in [0.717, 1.165) is 17.1 Å².